The van der Waals surface area contributed by atoms with Crippen LogP contribution in [-0.4, -0.2) is 113 Å². The minimum Gasteiger partial charge on any atom is -0.467 e. The van der Waals surface area contributed by atoms with Crippen molar-refractivity contribution < 1.29 is 38.3 Å². The van der Waals surface area contributed by atoms with Gasteiger partial charge in [-0.3, -0.25) is 28.8 Å². The third-order valence-electron chi connectivity index (χ3n) is 9.99. The maximum Gasteiger partial charge on any atom is 0.329 e. The Morgan fingerprint density at radius 3 is 1.98 bits per heavy atom. The van der Waals surface area contributed by atoms with Gasteiger partial charge in [-0.1, -0.05) is 80.9 Å². The maximum absolute atomic E-state index is 14.1. The molecule has 52 heavy (non-hydrogen) atoms. The van der Waals surface area contributed by atoms with Crippen LogP contribution in [0.4, 0.5) is 0 Å². The van der Waals surface area contributed by atoms with E-state index >= 15 is 0 Å². The number of hydrogen-bond acceptors (Lipinski definition) is 10. The third kappa shape index (κ3) is 13.9. The van der Waals surface area contributed by atoms with E-state index in [1.807, 2.05) is 20.8 Å². The van der Waals surface area contributed by atoms with Gasteiger partial charge in [-0.05, 0) is 50.9 Å². The molecular formula is C37H61N5O8S2. The Kier molecular flexibility index (Phi) is 19.3. The molecule has 15 heteroatoms. The van der Waals surface area contributed by atoms with Gasteiger partial charge in [0.15, 0.2) is 0 Å². The zero-order valence-electron chi connectivity index (χ0n) is 31.6. The van der Waals surface area contributed by atoms with E-state index in [4.69, 9.17) is 4.74 Å². The van der Waals surface area contributed by atoms with Crippen LogP contribution in [0.3, 0.4) is 0 Å². The van der Waals surface area contributed by atoms with Crippen LogP contribution in [0.25, 0.3) is 0 Å². The zero-order chi connectivity index (χ0) is 38.0. The summed E-state index contributed by atoms with van der Waals surface area (Å²) < 4.78 is 4.96. The molecule has 3 aliphatic heterocycles. The molecule has 294 valence electrons. The lowest BCUT2D eigenvalue weighted by Gasteiger charge is -2.33. The van der Waals surface area contributed by atoms with Crippen LogP contribution >= 0.6 is 21.6 Å². The number of ether oxygens (including phenoxy) is 1. The lowest BCUT2D eigenvalue weighted by molar-refractivity contribution is -0.148. The fourth-order valence-electron chi connectivity index (χ4n) is 7.05. The molecule has 3 saturated heterocycles. The number of amides is 5. The van der Waals surface area contributed by atoms with Crippen LogP contribution in [0.2, 0.25) is 0 Å². The van der Waals surface area contributed by atoms with Crippen molar-refractivity contribution in [1.29, 1.82) is 0 Å². The van der Waals surface area contributed by atoms with E-state index in [2.05, 4.69) is 16.0 Å². The van der Waals surface area contributed by atoms with Crippen molar-refractivity contribution >= 4 is 62.9 Å². The quantitative estimate of drug-likeness (QED) is 0.119. The molecule has 0 spiro atoms. The number of Topliss-reactive ketones (excluding diaryl/α,β-unsaturated/α-hetero) is 1. The number of esters is 1. The number of rotatable bonds is 16. The van der Waals surface area contributed by atoms with Crippen molar-refractivity contribution in [2.24, 2.45) is 5.92 Å². The molecule has 0 bridgehead atoms. The smallest absolute Gasteiger partial charge is 0.329 e. The van der Waals surface area contributed by atoms with Gasteiger partial charge in [-0.25, -0.2) is 4.79 Å². The highest BCUT2D eigenvalue weighted by molar-refractivity contribution is 8.76. The van der Waals surface area contributed by atoms with Gasteiger partial charge >= 0.3 is 5.97 Å². The van der Waals surface area contributed by atoms with Gasteiger partial charge in [0, 0.05) is 43.9 Å². The first-order chi connectivity index (χ1) is 25.0. The van der Waals surface area contributed by atoms with Crippen molar-refractivity contribution in [3.63, 3.8) is 0 Å². The van der Waals surface area contributed by atoms with Gasteiger partial charge in [-0.2, -0.15) is 0 Å². The molecule has 3 aliphatic rings. The number of hydrogen-bond donors (Lipinski definition) is 3. The van der Waals surface area contributed by atoms with Crippen LogP contribution in [0.15, 0.2) is 0 Å². The molecule has 0 aliphatic carbocycles. The molecule has 0 radical (unpaired) electrons. The Labute approximate surface area is 317 Å². The zero-order valence-corrected chi connectivity index (χ0v) is 33.2. The number of carbonyl (C=O) groups is 7. The van der Waals surface area contributed by atoms with Crippen LogP contribution in [0.5, 0.6) is 0 Å². The highest BCUT2D eigenvalue weighted by Crippen LogP contribution is 2.29. The van der Waals surface area contributed by atoms with E-state index < -0.39 is 48.0 Å². The molecule has 3 fully saturated rings. The topological polar surface area (TPSA) is 171 Å². The third-order valence-corrected chi connectivity index (χ3v) is 12.4. The Bertz CT molecular complexity index is 1240. The number of nitrogens with one attached hydrogen (secondary N) is 3. The van der Waals surface area contributed by atoms with Crippen LogP contribution in [-0.2, 0) is 38.3 Å². The molecular weight excluding hydrogens is 707 g/mol. The average Bonchev–Trinajstić information content (AvgIpc) is 3.82. The van der Waals surface area contributed by atoms with Crippen LogP contribution in [0, 0.1) is 5.92 Å². The Morgan fingerprint density at radius 2 is 1.37 bits per heavy atom. The van der Waals surface area contributed by atoms with E-state index in [0.717, 1.165) is 44.9 Å². The van der Waals surface area contributed by atoms with Crippen molar-refractivity contribution in [3.8, 4) is 0 Å². The van der Waals surface area contributed by atoms with Gasteiger partial charge in [-0.15, -0.1) is 0 Å². The fraction of sp³-hybridized carbons (Fsp3) is 0.811. The molecule has 0 aromatic heterocycles. The lowest BCUT2D eigenvalue weighted by Crippen LogP contribution is -2.58. The van der Waals surface area contributed by atoms with Gasteiger partial charge in [0.05, 0.1) is 7.11 Å². The summed E-state index contributed by atoms with van der Waals surface area (Å²) in [6, 6.07) is -4.33. The number of carbonyl (C=O) groups excluding carboxylic acids is 7. The molecule has 5 amide bonds. The van der Waals surface area contributed by atoms with Crippen molar-refractivity contribution in [2.45, 2.75) is 154 Å². The molecule has 5 unspecified atom stereocenters. The van der Waals surface area contributed by atoms with Crippen molar-refractivity contribution in [2.75, 3.05) is 31.7 Å². The first kappa shape index (κ1) is 43.6. The second-order valence-electron chi connectivity index (χ2n) is 14.6. The van der Waals surface area contributed by atoms with Gasteiger partial charge < -0.3 is 30.5 Å². The highest BCUT2D eigenvalue weighted by Gasteiger charge is 2.44. The van der Waals surface area contributed by atoms with E-state index in [1.54, 1.807) is 4.90 Å². The molecule has 3 N–H and O–H groups in total. The Morgan fingerprint density at radius 1 is 0.788 bits per heavy atom. The number of unbranched alkanes of at least 4 members (excludes halogenated alkanes) is 7. The van der Waals surface area contributed by atoms with Gasteiger partial charge in [0.1, 0.15) is 36.0 Å². The lowest BCUT2D eigenvalue weighted by atomic mass is 10.0. The number of ketones is 1. The average molecular weight is 768 g/mol. The molecule has 13 nitrogen and oxygen atoms in total. The van der Waals surface area contributed by atoms with Crippen LogP contribution < -0.4 is 16.0 Å². The molecule has 0 saturated carbocycles. The monoisotopic (exact) mass is 767 g/mol. The van der Waals surface area contributed by atoms with Crippen molar-refractivity contribution in [3.05, 3.63) is 0 Å². The minimum absolute atomic E-state index is 0.0583. The minimum atomic E-state index is -1.00. The summed E-state index contributed by atoms with van der Waals surface area (Å²) in [5.74, 6) is -1.72. The first-order valence-corrected chi connectivity index (χ1v) is 21.8. The molecule has 0 aromatic carbocycles. The molecule has 3 rings (SSSR count). The number of methoxy groups -OCH3 is 1. The summed E-state index contributed by atoms with van der Waals surface area (Å²) in [4.78, 5) is 95.6. The summed E-state index contributed by atoms with van der Waals surface area (Å²) in [6.07, 6.45) is 12.0. The molecule has 0 aromatic rings. The second kappa shape index (κ2) is 23.1. The summed E-state index contributed by atoms with van der Waals surface area (Å²) in [7, 11) is 3.81. The standard InChI is InChI=1S/C37H61N5O8S2/c1-5-26(43)16-12-10-8-6-7-9-11-13-19-32(44)38-28-23-51-52-24-29(37(49)50-4)40-33(45)27(22-25(2)3)39-34(46)30-17-14-20-41(30)36(48)31-18-15-21-42(31)35(28)47/h25,27-31H,5-24H2,1-4H3,(H,38,44)(H,39,46)(H,40,45). The van der Waals surface area contributed by atoms with E-state index in [1.165, 1.54) is 33.6 Å². The number of fused-ring (bicyclic) bond motifs is 2. The van der Waals surface area contributed by atoms with Gasteiger partial charge in [0.2, 0.25) is 29.5 Å². The molecule has 3 heterocycles. The summed E-state index contributed by atoms with van der Waals surface area (Å²) >= 11 is 0. The van der Waals surface area contributed by atoms with Crippen LogP contribution in [0.1, 0.15) is 124 Å². The van der Waals surface area contributed by atoms with E-state index in [-0.39, 0.29) is 41.6 Å². The largest absolute Gasteiger partial charge is 0.467 e. The fourth-order valence-corrected chi connectivity index (χ4v) is 9.36. The second-order valence-corrected chi connectivity index (χ2v) is 17.1. The maximum atomic E-state index is 14.1. The SMILES string of the molecule is CCC(=O)CCCCCCCCCCC(=O)NC1CSSCC(C(=O)OC)NC(=O)C(CC(C)C)NC(=O)C2CCCN2C(=O)C2CCCN2C1=O. The predicted molar refractivity (Wildman–Crippen MR) is 203 cm³/mol. The summed E-state index contributed by atoms with van der Waals surface area (Å²) in [5, 5.41) is 8.54. The Hall–Kier alpha value is -2.81. The van der Waals surface area contributed by atoms with E-state index in [9.17, 15) is 33.6 Å². The summed E-state index contributed by atoms with van der Waals surface area (Å²) in [6.45, 7) is 6.51. The predicted octanol–water partition coefficient (Wildman–Crippen LogP) is 3.92. The summed E-state index contributed by atoms with van der Waals surface area (Å²) in [5.41, 5.74) is 0. The van der Waals surface area contributed by atoms with Gasteiger partial charge in [0.25, 0.3) is 0 Å². The van der Waals surface area contributed by atoms with E-state index in [0.29, 0.717) is 70.2 Å². The molecule has 5 atom stereocenters. The highest BCUT2D eigenvalue weighted by atomic mass is 33.1. The van der Waals surface area contributed by atoms with Crippen molar-refractivity contribution in [1.82, 2.24) is 25.8 Å². The first-order valence-electron chi connectivity index (χ1n) is 19.3. The Balaban J connectivity index is 1.68. The normalized spacial score (nSPS) is 24.9. The number of nitrogens with zero attached hydrogens (tertiary/aromatic N) is 2.